The molecule has 3 heterocycles. The van der Waals surface area contributed by atoms with Crippen LogP contribution >= 0.6 is 0 Å². The molecule has 0 unspecified atom stereocenters. The van der Waals surface area contributed by atoms with Gasteiger partial charge in [-0.3, -0.25) is 14.6 Å². The van der Waals surface area contributed by atoms with Crippen LogP contribution in [0, 0.1) is 6.92 Å². The van der Waals surface area contributed by atoms with Crippen molar-refractivity contribution in [2.75, 3.05) is 19.6 Å². The van der Waals surface area contributed by atoms with Crippen molar-refractivity contribution in [2.45, 2.75) is 31.7 Å². The third-order valence-electron chi connectivity index (χ3n) is 4.16. The van der Waals surface area contributed by atoms with E-state index in [1.807, 2.05) is 28.8 Å². The number of halogens is 2. The van der Waals surface area contributed by atoms with Gasteiger partial charge in [0.15, 0.2) is 0 Å². The second-order valence-electron chi connectivity index (χ2n) is 5.92. The van der Waals surface area contributed by atoms with Gasteiger partial charge in [-0.15, -0.1) is 0 Å². The Labute approximate surface area is 128 Å². The molecule has 0 spiro atoms. The molecule has 118 valence electrons. The smallest absolute Gasteiger partial charge is 0.297 e. The summed E-state index contributed by atoms with van der Waals surface area (Å²) in [5.41, 5.74) is 0.742. The third kappa shape index (κ3) is 3.32. The van der Waals surface area contributed by atoms with Crippen LogP contribution in [-0.2, 0) is 5.92 Å². The molecule has 2 aromatic rings. The van der Waals surface area contributed by atoms with E-state index in [4.69, 9.17) is 0 Å². The Hall–Kier alpha value is -1.82. The summed E-state index contributed by atoms with van der Waals surface area (Å²) in [6.45, 7) is 2.89. The number of hydrogen-bond donors (Lipinski definition) is 0. The monoisotopic (exact) mass is 306 g/mol. The molecule has 0 radical (unpaired) electrons. The number of likely N-dealkylation sites (tertiary alicyclic amines) is 1. The first-order valence-electron chi connectivity index (χ1n) is 7.57. The van der Waals surface area contributed by atoms with Crippen molar-refractivity contribution in [1.29, 1.82) is 0 Å². The van der Waals surface area contributed by atoms with Crippen molar-refractivity contribution in [3.63, 3.8) is 0 Å². The molecule has 0 N–H and O–H groups in total. The summed E-state index contributed by atoms with van der Waals surface area (Å²) in [6.07, 6.45) is 6.88. The van der Waals surface area contributed by atoms with E-state index in [1.165, 1.54) is 12.3 Å². The second kappa shape index (κ2) is 6.12. The molecule has 3 rings (SSSR count). The van der Waals surface area contributed by atoms with E-state index in [0.29, 0.717) is 19.1 Å². The lowest BCUT2D eigenvalue weighted by Gasteiger charge is -2.34. The summed E-state index contributed by atoms with van der Waals surface area (Å²) in [7, 11) is 0. The van der Waals surface area contributed by atoms with E-state index in [9.17, 15) is 8.78 Å². The minimum Gasteiger partial charge on any atom is -0.297 e. The van der Waals surface area contributed by atoms with Gasteiger partial charge in [0.05, 0.1) is 12.6 Å². The number of nitrogens with zero attached hydrogens (tertiary/aromatic N) is 4. The van der Waals surface area contributed by atoms with Crippen LogP contribution in [-0.4, -0.2) is 39.3 Å². The lowest BCUT2D eigenvalue weighted by molar-refractivity contribution is -0.0479. The van der Waals surface area contributed by atoms with E-state index < -0.39 is 5.92 Å². The van der Waals surface area contributed by atoms with Gasteiger partial charge in [0.1, 0.15) is 5.69 Å². The topological polar surface area (TPSA) is 34.0 Å². The molecule has 1 aliphatic rings. The maximum Gasteiger partial charge on any atom is 0.302 e. The fourth-order valence-electron chi connectivity index (χ4n) is 2.88. The zero-order valence-corrected chi connectivity index (χ0v) is 12.6. The summed E-state index contributed by atoms with van der Waals surface area (Å²) >= 11 is 0. The van der Waals surface area contributed by atoms with Crippen molar-refractivity contribution in [3.8, 4) is 0 Å². The van der Waals surface area contributed by atoms with Gasteiger partial charge in [0.25, 0.3) is 0 Å². The summed E-state index contributed by atoms with van der Waals surface area (Å²) in [4.78, 5) is 5.70. The van der Waals surface area contributed by atoms with Gasteiger partial charge in [0, 0.05) is 31.7 Å². The molecule has 1 fully saturated rings. The van der Waals surface area contributed by atoms with Crippen molar-refractivity contribution >= 4 is 0 Å². The number of piperidine rings is 1. The lowest BCUT2D eigenvalue weighted by atomic mass is 10.0. The number of aryl methyl sites for hydroxylation is 1. The molecule has 1 saturated heterocycles. The first-order chi connectivity index (χ1) is 10.5. The fourth-order valence-corrected chi connectivity index (χ4v) is 2.88. The molecule has 0 aromatic carbocycles. The van der Waals surface area contributed by atoms with Crippen molar-refractivity contribution < 1.29 is 8.78 Å². The first-order valence-corrected chi connectivity index (χ1v) is 7.57. The van der Waals surface area contributed by atoms with Crippen LogP contribution in [0.4, 0.5) is 8.78 Å². The Morgan fingerprint density at radius 3 is 2.64 bits per heavy atom. The van der Waals surface area contributed by atoms with Gasteiger partial charge in [-0.05, 0) is 37.5 Å². The second-order valence-corrected chi connectivity index (χ2v) is 5.92. The number of rotatable bonds is 4. The Morgan fingerprint density at radius 1 is 1.27 bits per heavy atom. The van der Waals surface area contributed by atoms with E-state index in [1.54, 1.807) is 12.3 Å². The fraction of sp³-hybridized carbons (Fsp3) is 0.500. The van der Waals surface area contributed by atoms with E-state index >= 15 is 0 Å². The van der Waals surface area contributed by atoms with Gasteiger partial charge in [-0.1, -0.05) is 6.07 Å². The lowest BCUT2D eigenvalue weighted by Crippen LogP contribution is -2.41. The molecule has 0 bridgehead atoms. The normalized spacial score (nSPS) is 17.8. The molecule has 6 heteroatoms. The first kappa shape index (κ1) is 15.1. The Balaban J connectivity index is 1.58. The van der Waals surface area contributed by atoms with Crippen LogP contribution in [0.5, 0.6) is 0 Å². The van der Waals surface area contributed by atoms with Crippen LogP contribution in [0.15, 0.2) is 36.8 Å². The Morgan fingerprint density at radius 2 is 2.05 bits per heavy atom. The molecule has 0 atom stereocenters. The summed E-state index contributed by atoms with van der Waals surface area (Å²) in [5.74, 6) is -2.91. The zero-order valence-electron chi connectivity index (χ0n) is 12.6. The summed E-state index contributed by atoms with van der Waals surface area (Å²) in [6, 6.07) is 5.31. The van der Waals surface area contributed by atoms with E-state index in [0.717, 1.165) is 18.4 Å². The average Bonchev–Trinajstić information content (AvgIpc) is 3.02. The molecular formula is C16H20F2N4. The molecule has 0 amide bonds. The Kier molecular flexibility index (Phi) is 4.20. The third-order valence-corrected chi connectivity index (χ3v) is 4.16. The number of pyridine rings is 1. The number of aromatic nitrogens is 3. The predicted octanol–water partition coefficient (Wildman–Crippen LogP) is 3.02. The van der Waals surface area contributed by atoms with Crippen molar-refractivity contribution in [2.24, 2.45) is 0 Å². The molecular weight excluding hydrogens is 286 g/mol. The van der Waals surface area contributed by atoms with Gasteiger partial charge < -0.3 is 0 Å². The molecule has 4 nitrogen and oxygen atoms in total. The maximum atomic E-state index is 14.3. The van der Waals surface area contributed by atoms with E-state index in [-0.39, 0.29) is 12.2 Å². The van der Waals surface area contributed by atoms with Crippen LogP contribution in [0.2, 0.25) is 0 Å². The zero-order chi connectivity index (χ0) is 15.6. The largest absolute Gasteiger partial charge is 0.302 e. The molecule has 22 heavy (non-hydrogen) atoms. The molecule has 1 aliphatic heterocycles. The van der Waals surface area contributed by atoms with Gasteiger partial charge in [-0.25, -0.2) is 0 Å². The molecule has 0 aliphatic carbocycles. The van der Waals surface area contributed by atoms with Crippen LogP contribution in [0.3, 0.4) is 0 Å². The quantitative estimate of drug-likeness (QED) is 0.871. The minimum absolute atomic E-state index is 0.146. The average molecular weight is 306 g/mol. The highest BCUT2D eigenvalue weighted by Crippen LogP contribution is 2.30. The summed E-state index contributed by atoms with van der Waals surface area (Å²) < 4.78 is 30.6. The van der Waals surface area contributed by atoms with Crippen molar-refractivity contribution in [1.82, 2.24) is 19.7 Å². The highest BCUT2D eigenvalue weighted by molar-refractivity contribution is 5.16. The highest BCUT2D eigenvalue weighted by Gasteiger charge is 2.36. The number of alkyl halides is 2. The molecule has 0 saturated carbocycles. The predicted molar refractivity (Wildman–Crippen MR) is 79.8 cm³/mol. The number of hydrogen-bond acceptors (Lipinski definition) is 3. The van der Waals surface area contributed by atoms with Gasteiger partial charge >= 0.3 is 5.92 Å². The Bertz CT molecular complexity index is 587. The van der Waals surface area contributed by atoms with Gasteiger partial charge in [-0.2, -0.15) is 13.9 Å². The van der Waals surface area contributed by atoms with Gasteiger partial charge in [0.2, 0.25) is 0 Å². The minimum atomic E-state index is -2.91. The standard InChI is InChI=1S/C16H20F2N4/c1-13-3-4-15(19-11-13)16(17,18)12-21-9-5-14(6-10-21)22-8-2-7-20-22/h2-4,7-8,11,14H,5-6,9-10,12H2,1H3. The summed E-state index contributed by atoms with van der Waals surface area (Å²) in [5, 5.41) is 4.24. The SMILES string of the molecule is Cc1ccc(C(F)(F)CN2CCC(n3cccn3)CC2)nc1. The van der Waals surface area contributed by atoms with Crippen LogP contribution in [0.1, 0.15) is 30.1 Å². The maximum absolute atomic E-state index is 14.3. The highest BCUT2D eigenvalue weighted by atomic mass is 19.3. The van der Waals surface area contributed by atoms with Crippen LogP contribution < -0.4 is 0 Å². The molecule has 2 aromatic heterocycles. The van der Waals surface area contributed by atoms with Crippen molar-refractivity contribution in [3.05, 3.63) is 48.0 Å². The van der Waals surface area contributed by atoms with E-state index in [2.05, 4.69) is 10.1 Å². The van der Waals surface area contributed by atoms with Crippen LogP contribution in [0.25, 0.3) is 0 Å².